The molecule has 4 rings (SSSR count). The molecule has 0 saturated heterocycles. The summed E-state index contributed by atoms with van der Waals surface area (Å²) < 4.78 is 40.0. The number of halogens is 3. The van der Waals surface area contributed by atoms with Crippen molar-refractivity contribution in [2.45, 2.75) is 58.7 Å². The van der Waals surface area contributed by atoms with E-state index in [1.54, 1.807) is 13.8 Å². The number of rotatable bonds is 3. The molecule has 0 radical (unpaired) electrons. The first-order valence-corrected chi connectivity index (χ1v) is 9.87. The quantitative estimate of drug-likeness (QED) is 0.645. The second-order valence-electron chi connectivity index (χ2n) is 7.69. The summed E-state index contributed by atoms with van der Waals surface area (Å²) in [5.74, 6) is -1.32. The van der Waals surface area contributed by atoms with Crippen molar-refractivity contribution < 1.29 is 18.0 Å². The topological polar surface area (TPSA) is 63.4 Å². The molecule has 3 aromatic rings. The van der Waals surface area contributed by atoms with Crippen LogP contribution in [0.3, 0.4) is 0 Å². The van der Waals surface area contributed by atoms with Crippen molar-refractivity contribution in [1.82, 2.24) is 19.6 Å². The molecule has 9 heteroatoms. The summed E-state index contributed by atoms with van der Waals surface area (Å²) in [6.45, 7) is 5.43. The fourth-order valence-corrected chi connectivity index (χ4v) is 4.11. The number of aromatic nitrogens is 4. The van der Waals surface area contributed by atoms with Crippen molar-refractivity contribution in [2.75, 3.05) is 4.90 Å². The van der Waals surface area contributed by atoms with Crippen LogP contribution in [0.25, 0.3) is 5.78 Å². The van der Waals surface area contributed by atoms with Crippen molar-refractivity contribution in [1.29, 1.82) is 0 Å². The molecule has 0 unspecified atom stereocenters. The number of fused-ring (bicyclic) bond motifs is 2. The average molecular weight is 417 g/mol. The normalized spacial score (nSPS) is 16.7. The zero-order chi connectivity index (χ0) is 21.6. The van der Waals surface area contributed by atoms with Crippen molar-refractivity contribution in [3.63, 3.8) is 0 Å². The van der Waals surface area contributed by atoms with Gasteiger partial charge in [0.1, 0.15) is 0 Å². The second kappa shape index (κ2) is 7.37. The number of nitrogens with zero attached hydrogens (tertiary/aromatic N) is 5. The lowest BCUT2D eigenvalue weighted by molar-refractivity contribution is -0.144. The number of carbonyl (C=O) groups excluding carboxylic acids is 1. The third-order valence-corrected chi connectivity index (χ3v) is 5.68. The van der Waals surface area contributed by atoms with Gasteiger partial charge in [0.15, 0.2) is 0 Å². The third kappa shape index (κ3) is 3.53. The summed E-state index contributed by atoms with van der Waals surface area (Å²) in [6.07, 6.45) is -2.20. The molecule has 158 valence electrons. The molecule has 0 aliphatic carbocycles. The van der Waals surface area contributed by atoms with Crippen molar-refractivity contribution in [2.24, 2.45) is 0 Å². The maximum atomic E-state index is 13.1. The Labute approximate surface area is 171 Å². The van der Waals surface area contributed by atoms with E-state index < -0.39 is 12.0 Å². The first-order chi connectivity index (χ1) is 14.2. The van der Waals surface area contributed by atoms with Crippen LogP contribution in [0.1, 0.15) is 48.1 Å². The highest BCUT2D eigenvalue weighted by molar-refractivity contribution is 5.95. The monoisotopic (exact) mass is 417 g/mol. The van der Waals surface area contributed by atoms with Crippen LogP contribution in [-0.2, 0) is 23.8 Å². The lowest BCUT2D eigenvalue weighted by Crippen LogP contribution is -2.42. The summed E-state index contributed by atoms with van der Waals surface area (Å²) in [6, 6.07) is 7.99. The van der Waals surface area contributed by atoms with Gasteiger partial charge in [-0.25, -0.2) is 9.50 Å². The average Bonchev–Trinajstić information content (AvgIpc) is 3.12. The van der Waals surface area contributed by atoms with Gasteiger partial charge < -0.3 is 4.90 Å². The van der Waals surface area contributed by atoms with E-state index in [-0.39, 0.29) is 24.1 Å². The van der Waals surface area contributed by atoms with Gasteiger partial charge in [0.25, 0.3) is 11.6 Å². The van der Waals surface area contributed by atoms with Gasteiger partial charge in [0.05, 0.1) is 0 Å². The number of aryl methyl sites for hydroxylation is 3. The first-order valence-electron chi connectivity index (χ1n) is 9.87. The highest BCUT2D eigenvalue weighted by atomic mass is 19.4. The summed E-state index contributed by atoms with van der Waals surface area (Å²) in [5, 5.41) is 3.57. The van der Waals surface area contributed by atoms with Gasteiger partial charge in [0.2, 0.25) is 5.91 Å². The van der Waals surface area contributed by atoms with Crippen LogP contribution in [0.15, 0.2) is 24.3 Å². The molecule has 1 atom stereocenters. The van der Waals surface area contributed by atoms with E-state index in [4.69, 9.17) is 0 Å². The smallest absolute Gasteiger partial charge is 0.309 e. The summed E-state index contributed by atoms with van der Waals surface area (Å²) in [5.41, 5.74) is 3.88. The lowest BCUT2D eigenvalue weighted by atomic mass is 9.95. The minimum absolute atomic E-state index is 0.0110. The molecule has 0 N–H and O–H groups in total. The van der Waals surface area contributed by atoms with E-state index in [0.29, 0.717) is 23.4 Å². The van der Waals surface area contributed by atoms with E-state index in [9.17, 15) is 18.0 Å². The SMILES string of the molecule is Cc1nc2nc(C(F)(F)F)nn2c(C)c1CCC(=O)N1c2ccccc2CC[C@@H]1C. The highest BCUT2D eigenvalue weighted by Crippen LogP contribution is 2.31. The number of alkyl halides is 3. The van der Waals surface area contributed by atoms with Crippen molar-refractivity contribution >= 4 is 17.4 Å². The van der Waals surface area contributed by atoms with Crippen molar-refractivity contribution in [3.8, 4) is 0 Å². The van der Waals surface area contributed by atoms with Crippen LogP contribution in [0.4, 0.5) is 18.9 Å². The van der Waals surface area contributed by atoms with Crippen LogP contribution in [-0.4, -0.2) is 31.5 Å². The highest BCUT2D eigenvalue weighted by Gasteiger charge is 2.37. The zero-order valence-corrected chi connectivity index (χ0v) is 17.0. The Morgan fingerprint density at radius 3 is 2.67 bits per heavy atom. The minimum atomic E-state index is -4.64. The van der Waals surface area contributed by atoms with Crippen LogP contribution in [0.2, 0.25) is 0 Å². The Kier molecular flexibility index (Phi) is 4.99. The Balaban J connectivity index is 1.60. The van der Waals surface area contributed by atoms with Gasteiger partial charge in [-0.05, 0) is 57.2 Å². The van der Waals surface area contributed by atoms with Gasteiger partial charge in [0, 0.05) is 29.5 Å². The standard InChI is InChI=1S/C21H22F3N5O/c1-12-8-9-15-6-4-5-7-17(15)28(12)18(30)11-10-16-13(2)25-20-26-19(21(22,23)24)27-29(20)14(16)3/h4-7,12H,8-11H2,1-3H3/t12-/m0/s1. The fourth-order valence-electron chi connectivity index (χ4n) is 4.11. The molecule has 0 bridgehead atoms. The number of hydrogen-bond acceptors (Lipinski definition) is 4. The summed E-state index contributed by atoms with van der Waals surface area (Å²) in [7, 11) is 0. The number of hydrogen-bond donors (Lipinski definition) is 0. The molecule has 1 aliphatic heterocycles. The van der Waals surface area contributed by atoms with E-state index in [0.717, 1.165) is 28.6 Å². The molecule has 0 spiro atoms. The molecule has 3 heterocycles. The molecule has 0 fully saturated rings. The zero-order valence-electron chi connectivity index (χ0n) is 17.0. The van der Waals surface area contributed by atoms with Crippen molar-refractivity contribution in [3.05, 3.63) is 52.6 Å². The summed E-state index contributed by atoms with van der Waals surface area (Å²) in [4.78, 5) is 22.6. The van der Waals surface area contributed by atoms with E-state index in [1.165, 1.54) is 0 Å². The number of amides is 1. The van der Waals surface area contributed by atoms with Crippen LogP contribution >= 0.6 is 0 Å². The largest absolute Gasteiger partial charge is 0.453 e. The number of para-hydroxylation sites is 1. The molecule has 30 heavy (non-hydrogen) atoms. The minimum Gasteiger partial charge on any atom is -0.309 e. The van der Waals surface area contributed by atoms with E-state index in [1.807, 2.05) is 36.1 Å². The lowest BCUT2D eigenvalue weighted by Gasteiger charge is -2.35. The third-order valence-electron chi connectivity index (χ3n) is 5.68. The van der Waals surface area contributed by atoms with E-state index >= 15 is 0 Å². The Hall–Kier alpha value is -2.97. The molecule has 0 saturated carbocycles. The summed E-state index contributed by atoms with van der Waals surface area (Å²) >= 11 is 0. The molecule has 6 nitrogen and oxygen atoms in total. The van der Waals surface area contributed by atoms with Crippen LogP contribution < -0.4 is 4.90 Å². The fraction of sp³-hybridized carbons (Fsp3) is 0.429. The molecule has 2 aromatic heterocycles. The van der Waals surface area contributed by atoms with Gasteiger partial charge in [-0.1, -0.05) is 18.2 Å². The number of carbonyl (C=O) groups is 1. The predicted molar refractivity (Wildman–Crippen MR) is 105 cm³/mol. The maximum Gasteiger partial charge on any atom is 0.453 e. The molecular weight excluding hydrogens is 395 g/mol. The second-order valence-corrected chi connectivity index (χ2v) is 7.69. The first kappa shape index (κ1) is 20.3. The van der Waals surface area contributed by atoms with Gasteiger partial charge >= 0.3 is 6.18 Å². The Morgan fingerprint density at radius 2 is 1.93 bits per heavy atom. The maximum absolute atomic E-state index is 13.1. The number of anilines is 1. The van der Waals surface area contributed by atoms with Crippen LogP contribution in [0.5, 0.6) is 0 Å². The van der Waals surface area contributed by atoms with E-state index in [2.05, 4.69) is 15.1 Å². The number of benzene rings is 1. The molecule has 1 amide bonds. The molecule has 1 aliphatic rings. The molecular formula is C21H22F3N5O. The van der Waals surface area contributed by atoms with Crippen LogP contribution in [0, 0.1) is 13.8 Å². The Morgan fingerprint density at radius 1 is 1.20 bits per heavy atom. The van der Waals surface area contributed by atoms with Gasteiger partial charge in [-0.15, -0.1) is 5.10 Å². The van der Waals surface area contributed by atoms with Gasteiger partial charge in [-0.3, -0.25) is 4.79 Å². The molecule has 1 aromatic carbocycles. The Bertz CT molecular complexity index is 1120. The van der Waals surface area contributed by atoms with Gasteiger partial charge in [-0.2, -0.15) is 18.2 Å². The predicted octanol–water partition coefficient (Wildman–Crippen LogP) is 4.06.